The molecular weight excluding hydrogens is 350 g/mol. The van der Waals surface area contributed by atoms with Crippen molar-refractivity contribution in [3.8, 4) is 16.9 Å². The Bertz CT molecular complexity index is 570. The van der Waals surface area contributed by atoms with Crippen LogP contribution in [0.5, 0.6) is 5.75 Å². The average Bonchev–Trinajstić information content (AvgIpc) is 3.00. The number of ether oxygens (including phenoxy) is 1. The van der Waals surface area contributed by atoms with Crippen molar-refractivity contribution in [2.24, 2.45) is 5.92 Å². The number of hydrogen-bond acceptors (Lipinski definition) is 2. The quantitative estimate of drug-likeness (QED) is 0.856. The molecule has 4 heteroatoms. The molecule has 1 unspecified atom stereocenters. The van der Waals surface area contributed by atoms with Gasteiger partial charge in [-0.3, -0.25) is 0 Å². The van der Waals surface area contributed by atoms with Crippen molar-refractivity contribution in [2.45, 2.75) is 6.42 Å². The zero-order valence-corrected chi connectivity index (χ0v) is 14.1. The van der Waals surface area contributed by atoms with Gasteiger partial charge < -0.3 is 10.1 Å². The molecule has 0 radical (unpaired) electrons. The minimum Gasteiger partial charge on any atom is -0.492 e. The molecule has 2 aromatic carbocycles. The van der Waals surface area contributed by atoms with Crippen molar-refractivity contribution < 1.29 is 4.74 Å². The Morgan fingerprint density at radius 2 is 1.90 bits per heavy atom. The minimum atomic E-state index is 0. The molecule has 0 bridgehead atoms. The van der Waals surface area contributed by atoms with Crippen molar-refractivity contribution >= 4 is 28.3 Å². The van der Waals surface area contributed by atoms with E-state index in [0.717, 1.165) is 29.9 Å². The van der Waals surface area contributed by atoms with Gasteiger partial charge in [0.25, 0.3) is 0 Å². The summed E-state index contributed by atoms with van der Waals surface area (Å²) in [7, 11) is 0. The van der Waals surface area contributed by atoms with Gasteiger partial charge in [0, 0.05) is 12.5 Å². The maximum atomic E-state index is 5.92. The first-order chi connectivity index (χ1) is 9.83. The number of benzene rings is 2. The van der Waals surface area contributed by atoms with Gasteiger partial charge in [0.15, 0.2) is 0 Å². The molecular formula is C17H19BrClNO. The molecule has 1 fully saturated rings. The van der Waals surface area contributed by atoms with E-state index >= 15 is 0 Å². The predicted molar refractivity (Wildman–Crippen MR) is 93.3 cm³/mol. The molecule has 1 aliphatic rings. The zero-order valence-electron chi connectivity index (χ0n) is 11.7. The Morgan fingerprint density at radius 1 is 1.10 bits per heavy atom. The highest BCUT2D eigenvalue weighted by molar-refractivity contribution is 9.10. The third kappa shape index (κ3) is 4.22. The Hall–Kier alpha value is -1.03. The van der Waals surface area contributed by atoms with Crippen LogP contribution in [0.15, 0.2) is 53.0 Å². The maximum Gasteiger partial charge on any atom is 0.133 e. The first kappa shape index (κ1) is 16.3. The van der Waals surface area contributed by atoms with Crippen LogP contribution in [0, 0.1) is 5.92 Å². The number of halogens is 2. The van der Waals surface area contributed by atoms with Gasteiger partial charge in [-0.1, -0.05) is 36.4 Å². The highest BCUT2D eigenvalue weighted by Gasteiger charge is 2.15. The summed E-state index contributed by atoms with van der Waals surface area (Å²) in [6.07, 6.45) is 1.21. The summed E-state index contributed by atoms with van der Waals surface area (Å²) >= 11 is 3.61. The van der Waals surface area contributed by atoms with E-state index in [1.807, 2.05) is 6.07 Å². The second kappa shape index (κ2) is 7.83. The topological polar surface area (TPSA) is 21.3 Å². The Labute approximate surface area is 140 Å². The van der Waals surface area contributed by atoms with Crippen LogP contribution in [-0.4, -0.2) is 19.7 Å². The summed E-state index contributed by atoms with van der Waals surface area (Å²) in [4.78, 5) is 0. The summed E-state index contributed by atoms with van der Waals surface area (Å²) in [5.41, 5.74) is 2.42. The van der Waals surface area contributed by atoms with Crippen molar-refractivity contribution in [3.63, 3.8) is 0 Å². The van der Waals surface area contributed by atoms with Crippen LogP contribution in [-0.2, 0) is 0 Å². The van der Waals surface area contributed by atoms with Crippen LogP contribution in [0.3, 0.4) is 0 Å². The van der Waals surface area contributed by atoms with Crippen molar-refractivity contribution in [2.75, 3.05) is 19.7 Å². The standard InChI is InChI=1S/C17H18BrNO.ClH/c18-16-10-15(14-4-2-1-3-5-14)6-7-17(16)20-12-13-8-9-19-11-13;/h1-7,10,13,19H,8-9,11-12H2;1H. The zero-order chi connectivity index (χ0) is 13.8. The molecule has 1 heterocycles. The van der Waals surface area contributed by atoms with Gasteiger partial charge in [0.1, 0.15) is 5.75 Å². The molecule has 2 aromatic rings. The average molecular weight is 369 g/mol. The van der Waals surface area contributed by atoms with Gasteiger partial charge in [-0.2, -0.15) is 0 Å². The predicted octanol–water partition coefficient (Wildman–Crippen LogP) is 4.53. The Kier molecular flexibility index (Phi) is 6.09. The van der Waals surface area contributed by atoms with Gasteiger partial charge in [0.2, 0.25) is 0 Å². The molecule has 2 nitrogen and oxygen atoms in total. The van der Waals surface area contributed by atoms with E-state index in [9.17, 15) is 0 Å². The summed E-state index contributed by atoms with van der Waals surface area (Å²) in [5, 5.41) is 3.36. The molecule has 0 aliphatic carbocycles. The normalized spacial score (nSPS) is 17.3. The molecule has 1 saturated heterocycles. The molecule has 1 aliphatic heterocycles. The summed E-state index contributed by atoms with van der Waals surface area (Å²) < 4.78 is 6.94. The van der Waals surface area contributed by atoms with Gasteiger partial charge in [0.05, 0.1) is 11.1 Å². The molecule has 0 spiro atoms. The number of hydrogen-bond donors (Lipinski definition) is 1. The lowest BCUT2D eigenvalue weighted by Gasteiger charge is -2.13. The smallest absolute Gasteiger partial charge is 0.133 e. The molecule has 0 aromatic heterocycles. The fraction of sp³-hybridized carbons (Fsp3) is 0.294. The summed E-state index contributed by atoms with van der Waals surface area (Å²) in [6, 6.07) is 16.7. The molecule has 1 N–H and O–H groups in total. The Balaban J connectivity index is 0.00000161. The van der Waals surface area contributed by atoms with E-state index in [0.29, 0.717) is 5.92 Å². The summed E-state index contributed by atoms with van der Waals surface area (Å²) in [5.74, 6) is 1.56. The van der Waals surface area contributed by atoms with Gasteiger partial charge in [-0.05, 0) is 52.2 Å². The van der Waals surface area contributed by atoms with E-state index in [4.69, 9.17) is 4.74 Å². The highest BCUT2D eigenvalue weighted by Crippen LogP contribution is 2.31. The SMILES string of the molecule is Brc1cc(-c2ccccc2)ccc1OCC1CCNC1.Cl. The fourth-order valence-electron chi connectivity index (χ4n) is 2.49. The second-order valence-electron chi connectivity index (χ2n) is 5.18. The lowest BCUT2D eigenvalue weighted by Crippen LogP contribution is -2.15. The lowest BCUT2D eigenvalue weighted by molar-refractivity contribution is 0.258. The van der Waals surface area contributed by atoms with Crippen molar-refractivity contribution in [1.82, 2.24) is 5.32 Å². The lowest BCUT2D eigenvalue weighted by atomic mass is 10.1. The van der Waals surface area contributed by atoms with Crippen LogP contribution in [0.25, 0.3) is 11.1 Å². The van der Waals surface area contributed by atoms with E-state index in [1.165, 1.54) is 17.5 Å². The van der Waals surface area contributed by atoms with E-state index in [-0.39, 0.29) is 12.4 Å². The van der Waals surface area contributed by atoms with Gasteiger partial charge in [-0.15, -0.1) is 12.4 Å². The highest BCUT2D eigenvalue weighted by atomic mass is 79.9. The third-order valence-corrected chi connectivity index (χ3v) is 4.30. The van der Waals surface area contributed by atoms with E-state index < -0.39 is 0 Å². The first-order valence-corrected chi connectivity index (χ1v) is 7.81. The number of nitrogens with one attached hydrogen (secondary N) is 1. The van der Waals surface area contributed by atoms with Crippen LogP contribution >= 0.6 is 28.3 Å². The van der Waals surface area contributed by atoms with Crippen LogP contribution in [0.1, 0.15) is 6.42 Å². The van der Waals surface area contributed by atoms with Crippen molar-refractivity contribution in [1.29, 1.82) is 0 Å². The van der Waals surface area contributed by atoms with Crippen LogP contribution < -0.4 is 10.1 Å². The molecule has 0 saturated carbocycles. The monoisotopic (exact) mass is 367 g/mol. The second-order valence-corrected chi connectivity index (χ2v) is 6.04. The van der Waals surface area contributed by atoms with E-state index in [1.54, 1.807) is 0 Å². The molecule has 0 amide bonds. The maximum absolute atomic E-state index is 5.92. The van der Waals surface area contributed by atoms with Crippen LogP contribution in [0.4, 0.5) is 0 Å². The first-order valence-electron chi connectivity index (χ1n) is 7.01. The van der Waals surface area contributed by atoms with Gasteiger partial charge in [-0.25, -0.2) is 0 Å². The largest absolute Gasteiger partial charge is 0.492 e. The van der Waals surface area contributed by atoms with E-state index in [2.05, 4.69) is 63.7 Å². The third-order valence-electron chi connectivity index (χ3n) is 3.68. The molecule has 112 valence electrons. The molecule has 1 atom stereocenters. The molecule has 3 rings (SSSR count). The van der Waals surface area contributed by atoms with Crippen LogP contribution in [0.2, 0.25) is 0 Å². The fourth-order valence-corrected chi connectivity index (χ4v) is 2.99. The number of rotatable bonds is 4. The Morgan fingerprint density at radius 3 is 2.57 bits per heavy atom. The minimum absolute atomic E-state index is 0. The van der Waals surface area contributed by atoms with Gasteiger partial charge >= 0.3 is 0 Å². The molecule has 21 heavy (non-hydrogen) atoms. The summed E-state index contributed by atoms with van der Waals surface area (Å²) in [6.45, 7) is 2.97. The van der Waals surface area contributed by atoms with Crippen molar-refractivity contribution in [3.05, 3.63) is 53.0 Å².